The van der Waals surface area contributed by atoms with Gasteiger partial charge in [-0.05, 0) is 31.7 Å². The van der Waals surface area contributed by atoms with E-state index in [1.54, 1.807) is 6.07 Å². The van der Waals surface area contributed by atoms with Crippen LogP contribution in [0.25, 0.3) is 0 Å². The van der Waals surface area contributed by atoms with Crippen LogP contribution in [-0.4, -0.2) is 31.1 Å². The monoisotopic (exact) mass is 283 g/mol. The predicted molar refractivity (Wildman–Crippen MR) is 84.2 cm³/mol. The van der Waals surface area contributed by atoms with Gasteiger partial charge in [0.25, 0.3) is 0 Å². The van der Waals surface area contributed by atoms with E-state index < -0.39 is 0 Å². The molecule has 0 radical (unpaired) electrons. The van der Waals surface area contributed by atoms with Crippen LogP contribution in [0.2, 0.25) is 0 Å². The van der Waals surface area contributed by atoms with Crippen LogP contribution in [0, 0.1) is 6.92 Å². The molecule has 0 fully saturated rings. The second-order valence-corrected chi connectivity index (χ2v) is 5.23. The summed E-state index contributed by atoms with van der Waals surface area (Å²) in [6, 6.07) is 17.7. The Hall–Kier alpha value is -2.13. The minimum absolute atomic E-state index is 0.258. The van der Waals surface area contributed by atoms with Crippen LogP contribution in [-0.2, 0) is 11.3 Å². The van der Waals surface area contributed by atoms with Crippen LogP contribution in [0.4, 0.5) is 0 Å². The molecule has 0 aliphatic carbocycles. The first-order valence-electron chi connectivity index (χ1n) is 7.11. The Kier molecular flexibility index (Phi) is 5.52. The minimum atomic E-state index is -0.258. The van der Waals surface area contributed by atoms with Gasteiger partial charge in [0.2, 0.25) is 0 Å². The van der Waals surface area contributed by atoms with Crippen LogP contribution >= 0.6 is 0 Å². The van der Waals surface area contributed by atoms with Crippen molar-refractivity contribution in [2.24, 2.45) is 0 Å². The Morgan fingerprint density at radius 3 is 2.57 bits per heavy atom. The fourth-order valence-electron chi connectivity index (χ4n) is 2.12. The quantitative estimate of drug-likeness (QED) is 0.762. The minimum Gasteiger partial charge on any atom is -0.461 e. The summed E-state index contributed by atoms with van der Waals surface area (Å²) in [4.78, 5) is 14.0. The van der Waals surface area contributed by atoms with Crippen LogP contribution in [0.15, 0.2) is 54.6 Å². The van der Waals surface area contributed by atoms with Crippen molar-refractivity contribution in [3.05, 3.63) is 71.3 Å². The first kappa shape index (κ1) is 15.3. The van der Waals surface area contributed by atoms with Gasteiger partial charge in [0.1, 0.15) is 6.61 Å². The van der Waals surface area contributed by atoms with Gasteiger partial charge in [0.05, 0.1) is 5.56 Å². The van der Waals surface area contributed by atoms with Crippen molar-refractivity contribution in [3.8, 4) is 0 Å². The van der Waals surface area contributed by atoms with Gasteiger partial charge in [-0.2, -0.15) is 0 Å². The fourth-order valence-corrected chi connectivity index (χ4v) is 2.12. The van der Waals surface area contributed by atoms with Gasteiger partial charge in [0.15, 0.2) is 0 Å². The summed E-state index contributed by atoms with van der Waals surface area (Å²) in [6.07, 6.45) is 0. The van der Waals surface area contributed by atoms with E-state index in [9.17, 15) is 4.79 Å². The molecule has 2 aromatic rings. The molecule has 0 aromatic heterocycles. The topological polar surface area (TPSA) is 29.5 Å². The van der Waals surface area contributed by atoms with E-state index in [1.807, 2.05) is 50.4 Å². The molecule has 0 unspecified atom stereocenters. The molecule has 0 atom stereocenters. The Morgan fingerprint density at radius 1 is 1.10 bits per heavy atom. The van der Waals surface area contributed by atoms with Crippen molar-refractivity contribution < 1.29 is 9.53 Å². The second kappa shape index (κ2) is 7.60. The number of aryl methyl sites for hydroxylation is 1. The zero-order valence-electron chi connectivity index (χ0n) is 12.6. The van der Waals surface area contributed by atoms with Gasteiger partial charge in [-0.1, -0.05) is 48.0 Å². The molecule has 0 bridgehead atoms. The highest BCUT2D eigenvalue weighted by Gasteiger charge is 2.07. The lowest BCUT2D eigenvalue weighted by Gasteiger charge is -2.16. The molecule has 2 rings (SSSR count). The predicted octanol–water partition coefficient (Wildman–Crippen LogP) is 3.28. The molecule has 0 aliphatic heterocycles. The number of carbonyl (C=O) groups is 1. The maximum Gasteiger partial charge on any atom is 0.338 e. The number of esters is 1. The fraction of sp³-hybridized carbons (Fsp3) is 0.278. The third-order valence-electron chi connectivity index (χ3n) is 3.26. The molecular formula is C18H21NO2. The molecule has 0 aliphatic rings. The molecule has 3 heteroatoms. The highest BCUT2D eigenvalue weighted by molar-refractivity contribution is 5.89. The van der Waals surface area contributed by atoms with Crippen molar-refractivity contribution in [1.82, 2.24) is 4.90 Å². The van der Waals surface area contributed by atoms with Gasteiger partial charge < -0.3 is 4.74 Å². The Labute approximate surface area is 126 Å². The average Bonchev–Trinajstić information content (AvgIpc) is 2.48. The lowest BCUT2D eigenvalue weighted by atomic mass is 10.1. The van der Waals surface area contributed by atoms with Crippen molar-refractivity contribution in [2.45, 2.75) is 13.5 Å². The lowest BCUT2D eigenvalue weighted by molar-refractivity contribution is 0.0470. The summed E-state index contributed by atoms with van der Waals surface area (Å²) in [5, 5.41) is 0. The van der Waals surface area contributed by atoms with Gasteiger partial charge in [0, 0.05) is 13.1 Å². The first-order chi connectivity index (χ1) is 10.1. The zero-order valence-corrected chi connectivity index (χ0v) is 12.6. The van der Waals surface area contributed by atoms with Crippen LogP contribution in [0.5, 0.6) is 0 Å². The molecule has 0 saturated carbocycles. The van der Waals surface area contributed by atoms with Gasteiger partial charge in [-0.25, -0.2) is 4.79 Å². The average molecular weight is 283 g/mol. The molecule has 3 nitrogen and oxygen atoms in total. The molecule has 0 N–H and O–H groups in total. The molecule has 21 heavy (non-hydrogen) atoms. The molecular weight excluding hydrogens is 262 g/mol. The number of hydrogen-bond acceptors (Lipinski definition) is 3. The summed E-state index contributed by atoms with van der Waals surface area (Å²) in [5.74, 6) is -0.258. The molecule has 0 heterocycles. The van der Waals surface area contributed by atoms with Gasteiger partial charge >= 0.3 is 5.97 Å². The normalized spacial score (nSPS) is 10.6. The highest BCUT2D eigenvalue weighted by Crippen LogP contribution is 2.06. The second-order valence-electron chi connectivity index (χ2n) is 5.23. The maximum atomic E-state index is 11.9. The SMILES string of the molecule is Cc1cccc(C(=O)OCCN(C)Cc2ccccc2)c1. The van der Waals surface area contributed by atoms with Crippen LogP contribution in [0.1, 0.15) is 21.5 Å². The largest absolute Gasteiger partial charge is 0.461 e. The van der Waals surface area contributed by atoms with Gasteiger partial charge in [-0.3, -0.25) is 4.90 Å². The van der Waals surface area contributed by atoms with E-state index in [2.05, 4.69) is 17.0 Å². The summed E-state index contributed by atoms with van der Waals surface area (Å²) in [7, 11) is 2.02. The number of carbonyl (C=O) groups excluding carboxylic acids is 1. The number of rotatable bonds is 6. The third kappa shape index (κ3) is 5.04. The van der Waals surface area contributed by atoms with Crippen LogP contribution in [0.3, 0.4) is 0 Å². The van der Waals surface area contributed by atoms with E-state index in [0.717, 1.165) is 12.1 Å². The maximum absolute atomic E-state index is 11.9. The van der Waals surface area contributed by atoms with Crippen molar-refractivity contribution in [3.63, 3.8) is 0 Å². The standard InChI is InChI=1S/C18H21NO2/c1-15-7-6-10-17(13-15)18(20)21-12-11-19(2)14-16-8-4-3-5-9-16/h3-10,13H,11-12,14H2,1-2H3. The number of nitrogens with zero attached hydrogens (tertiary/aromatic N) is 1. The van der Waals surface area contributed by atoms with Crippen molar-refractivity contribution in [1.29, 1.82) is 0 Å². The Balaban J connectivity index is 1.75. The van der Waals surface area contributed by atoms with E-state index in [0.29, 0.717) is 18.7 Å². The lowest BCUT2D eigenvalue weighted by Crippen LogP contribution is -2.24. The van der Waals surface area contributed by atoms with Gasteiger partial charge in [-0.15, -0.1) is 0 Å². The smallest absolute Gasteiger partial charge is 0.338 e. The Morgan fingerprint density at radius 2 is 1.86 bits per heavy atom. The Bertz CT molecular complexity index is 581. The number of hydrogen-bond donors (Lipinski definition) is 0. The highest BCUT2D eigenvalue weighted by atomic mass is 16.5. The van der Waals surface area contributed by atoms with Crippen molar-refractivity contribution >= 4 is 5.97 Å². The van der Waals surface area contributed by atoms with E-state index in [-0.39, 0.29) is 5.97 Å². The third-order valence-corrected chi connectivity index (χ3v) is 3.26. The molecule has 0 amide bonds. The summed E-state index contributed by atoms with van der Waals surface area (Å²) in [6.45, 7) is 3.93. The first-order valence-corrected chi connectivity index (χ1v) is 7.11. The summed E-state index contributed by atoms with van der Waals surface area (Å²) < 4.78 is 5.31. The number of benzene rings is 2. The number of likely N-dealkylation sites (N-methyl/N-ethyl adjacent to an activating group) is 1. The zero-order chi connectivity index (χ0) is 15.1. The van der Waals surface area contributed by atoms with Crippen molar-refractivity contribution in [2.75, 3.05) is 20.2 Å². The molecule has 0 saturated heterocycles. The van der Waals surface area contributed by atoms with E-state index >= 15 is 0 Å². The molecule has 2 aromatic carbocycles. The molecule has 0 spiro atoms. The summed E-state index contributed by atoms with van der Waals surface area (Å²) >= 11 is 0. The van der Waals surface area contributed by atoms with Crippen LogP contribution < -0.4 is 0 Å². The molecule has 110 valence electrons. The number of ether oxygens (including phenoxy) is 1. The van der Waals surface area contributed by atoms with E-state index in [1.165, 1.54) is 5.56 Å². The summed E-state index contributed by atoms with van der Waals surface area (Å²) in [5.41, 5.74) is 2.93. The van der Waals surface area contributed by atoms with E-state index in [4.69, 9.17) is 4.74 Å².